The maximum Gasteiger partial charge on any atom is 0.188 e. The van der Waals surface area contributed by atoms with Crippen LogP contribution in [0.3, 0.4) is 0 Å². The Morgan fingerprint density at radius 2 is 1.62 bits per heavy atom. The van der Waals surface area contributed by atoms with Gasteiger partial charge in [-0.3, -0.25) is 4.79 Å². The number of carbonyl (C=O) groups is 1. The molecule has 1 aromatic rings. The summed E-state index contributed by atoms with van der Waals surface area (Å²) in [5.41, 5.74) is 1.83. The zero-order chi connectivity index (χ0) is 17.8. The second kappa shape index (κ2) is 11.6. The van der Waals surface area contributed by atoms with Gasteiger partial charge in [-0.2, -0.15) is 0 Å². The van der Waals surface area contributed by atoms with Gasteiger partial charge in [-0.25, -0.2) is 0 Å². The highest BCUT2D eigenvalue weighted by molar-refractivity contribution is 5.92. The molecule has 0 N–H and O–H groups in total. The molecule has 0 unspecified atom stereocenters. The lowest BCUT2D eigenvalue weighted by atomic mass is 10.0. The Morgan fingerprint density at radius 3 is 2.08 bits per heavy atom. The van der Waals surface area contributed by atoms with Crippen LogP contribution < -0.4 is 9.47 Å². The van der Waals surface area contributed by atoms with Gasteiger partial charge in [-0.1, -0.05) is 19.8 Å². The normalized spacial score (nSPS) is 11.0. The van der Waals surface area contributed by atoms with Crippen LogP contribution in [0.15, 0.2) is 18.2 Å². The van der Waals surface area contributed by atoms with Crippen molar-refractivity contribution >= 4 is 11.9 Å². The topological polar surface area (TPSA) is 54.0 Å². The highest BCUT2D eigenvalue weighted by Gasteiger charge is 2.12. The molecule has 0 bridgehead atoms. The van der Waals surface area contributed by atoms with E-state index in [0.717, 1.165) is 18.4 Å². The number of rotatable bonds is 12. The molecule has 1 rings (SSSR count). The molecule has 5 heteroatoms. The van der Waals surface area contributed by atoms with Gasteiger partial charge in [-0.15, -0.1) is 0 Å². The van der Waals surface area contributed by atoms with Crippen molar-refractivity contribution in [1.82, 2.24) is 0 Å². The van der Waals surface area contributed by atoms with Crippen LogP contribution >= 0.6 is 0 Å². The van der Waals surface area contributed by atoms with Crippen LogP contribution in [-0.2, 0) is 20.7 Å². The van der Waals surface area contributed by atoms with Gasteiger partial charge < -0.3 is 18.9 Å². The van der Waals surface area contributed by atoms with Crippen LogP contribution in [0.25, 0.3) is 6.08 Å². The molecule has 134 valence electrons. The van der Waals surface area contributed by atoms with Crippen LogP contribution in [0, 0.1) is 0 Å². The summed E-state index contributed by atoms with van der Waals surface area (Å²) in [6.45, 7) is 3.93. The Kier molecular flexibility index (Phi) is 9.80. The summed E-state index contributed by atoms with van der Waals surface area (Å²) >= 11 is 0. The van der Waals surface area contributed by atoms with Crippen molar-refractivity contribution in [2.45, 2.75) is 39.5 Å². The number of methoxy groups -OCH3 is 2. The van der Waals surface area contributed by atoms with E-state index in [1.165, 1.54) is 25.8 Å². The summed E-state index contributed by atoms with van der Waals surface area (Å²) in [6, 6.07) is 3.96. The first kappa shape index (κ1) is 20.2. The van der Waals surface area contributed by atoms with Crippen molar-refractivity contribution in [1.29, 1.82) is 0 Å². The molecule has 5 nitrogen and oxygen atoms in total. The number of aryl methyl sites for hydroxylation is 1. The number of carbonyl (C=O) groups excluding carboxylic acids is 1. The Morgan fingerprint density at radius 1 is 1.04 bits per heavy atom. The summed E-state index contributed by atoms with van der Waals surface area (Å²) in [7, 11) is 3.14. The van der Waals surface area contributed by atoms with Gasteiger partial charge in [0.15, 0.2) is 19.4 Å². The van der Waals surface area contributed by atoms with Crippen molar-refractivity contribution < 1.29 is 23.7 Å². The van der Waals surface area contributed by atoms with Gasteiger partial charge >= 0.3 is 0 Å². The van der Waals surface area contributed by atoms with Crippen LogP contribution in [0.5, 0.6) is 11.5 Å². The Hall–Kier alpha value is -1.85. The second-order valence-corrected chi connectivity index (χ2v) is 5.51. The lowest BCUT2D eigenvalue weighted by molar-refractivity contribution is -0.112. The van der Waals surface area contributed by atoms with E-state index < -0.39 is 0 Å². The van der Waals surface area contributed by atoms with Crippen LogP contribution in [-0.4, -0.2) is 33.6 Å². The fourth-order valence-corrected chi connectivity index (χ4v) is 2.23. The number of ketones is 1. The van der Waals surface area contributed by atoms with Crippen LogP contribution in [0.2, 0.25) is 0 Å². The molecule has 1 aromatic carbocycles. The lowest BCUT2D eigenvalue weighted by Crippen LogP contribution is -2.05. The summed E-state index contributed by atoms with van der Waals surface area (Å²) in [5, 5.41) is 0. The minimum Gasteiger partial charge on any atom is -0.467 e. The minimum absolute atomic E-state index is 0.0441. The molecule has 0 aromatic heterocycles. The van der Waals surface area contributed by atoms with Gasteiger partial charge in [0.05, 0.1) is 5.56 Å². The number of allylic oxidation sites excluding steroid dienone is 1. The fourth-order valence-electron chi connectivity index (χ4n) is 2.23. The van der Waals surface area contributed by atoms with Crippen molar-refractivity contribution in [2.75, 3.05) is 27.8 Å². The van der Waals surface area contributed by atoms with Crippen molar-refractivity contribution in [3.8, 4) is 11.5 Å². The maximum atomic E-state index is 11.3. The average molecular weight is 336 g/mol. The zero-order valence-corrected chi connectivity index (χ0v) is 15.1. The number of ether oxygens (including phenoxy) is 4. The van der Waals surface area contributed by atoms with Crippen molar-refractivity contribution in [3.63, 3.8) is 0 Å². The molecular formula is C19H28O5. The molecule has 24 heavy (non-hydrogen) atoms. The molecule has 0 saturated heterocycles. The van der Waals surface area contributed by atoms with E-state index in [-0.39, 0.29) is 19.4 Å². The molecule has 0 fully saturated rings. The predicted octanol–water partition coefficient (Wildman–Crippen LogP) is 3.99. The monoisotopic (exact) mass is 336 g/mol. The maximum absolute atomic E-state index is 11.3. The third-order valence-electron chi connectivity index (χ3n) is 3.38. The molecule has 0 atom stereocenters. The number of unbranched alkanes of at least 4 members (excludes halogenated alkanes) is 2. The summed E-state index contributed by atoms with van der Waals surface area (Å²) in [6.07, 6.45) is 7.58. The molecular weight excluding hydrogens is 308 g/mol. The molecule has 0 amide bonds. The molecule has 0 aliphatic carbocycles. The first-order valence-electron chi connectivity index (χ1n) is 8.21. The van der Waals surface area contributed by atoms with Gasteiger partial charge in [0, 0.05) is 14.2 Å². The van der Waals surface area contributed by atoms with Gasteiger partial charge in [0.2, 0.25) is 0 Å². The quantitative estimate of drug-likeness (QED) is 0.328. The van der Waals surface area contributed by atoms with E-state index >= 15 is 0 Å². The van der Waals surface area contributed by atoms with Gasteiger partial charge in [0.25, 0.3) is 0 Å². The summed E-state index contributed by atoms with van der Waals surface area (Å²) in [5.74, 6) is 1.22. The van der Waals surface area contributed by atoms with E-state index in [1.54, 1.807) is 20.3 Å². The standard InChI is InChI=1S/C19H28O5/c1-5-6-7-8-16-11-18(23-13-21-3)17(10-9-15(2)20)19(12-16)24-14-22-4/h9-12H,5-8,13-14H2,1-4H3/b10-9+. The minimum atomic E-state index is -0.0441. The predicted molar refractivity (Wildman–Crippen MR) is 94.4 cm³/mol. The average Bonchev–Trinajstić information content (AvgIpc) is 2.56. The third kappa shape index (κ3) is 7.15. The fraction of sp³-hybridized carbons (Fsp3) is 0.526. The molecule has 0 heterocycles. The van der Waals surface area contributed by atoms with Crippen LogP contribution in [0.1, 0.15) is 44.2 Å². The zero-order valence-electron chi connectivity index (χ0n) is 15.1. The Balaban J connectivity index is 3.18. The second-order valence-electron chi connectivity index (χ2n) is 5.51. The molecule has 0 saturated carbocycles. The Bertz CT molecular complexity index is 508. The van der Waals surface area contributed by atoms with E-state index in [4.69, 9.17) is 18.9 Å². The third-order valence-corrected chi connectivity index (χ3v) is 3.38. The number of hydrogen-bond acceptors (Lipinski definition) is 5. The summed E-state index contributed by atoms with van der Waals surface area (Å²) in [4.78, 5) is 11.3. The van der Waals surface area contributed by atoms with Gasteiger partial charge in [-0.05, 0) is 49.6 Å². The smallest absolute Gasteiger partial charge is 0.188 e. The van der Waals surface area contributed by atoms with Crippen molar-refractivity contribution in [3.05, 3.63) is 29.3 Å². The van der Waals surface area contributed by atoms with Crippen molar-refractivity contribution in [2.24, 2.45) is 0 Å². The first-order chi connectivity index (χ1) is 11.6. The number of hydrogen-bond donors (Lipinski definition) is 0. The van der Waals surface area contributed by atoms with Gasteiger partial charge in [0.1, 0.15) is 11.5 Å². The number of benzene rings is 1. The SMILES string of the molecule is CCCCCc1cc(OCOC)c(/C=C/C(C)=O)c(OCOC)c1. The molecule has 0 radical (unpaired) electrons. The lowest BCUT2D eigenvalue weighted by Gasteiger charge is -2.16. The first-order valence-corrected chi connectivity index (χ1v) is 8.21. The largest absolute Gasteiger partial charge is 0.467 e. The van der Waals surface area contributed by atoms with Crippen LogP contribution in [0.4, 0.5) is 0 Å². The van der Waals surface area contributed by atoms with E-state index in [2.05, 4.69) is 6.92 Å². The molecule has 0 spiro atoms. The van der Waals surface area contributed by atoms with E-state index in [9.17, 15) is 4.79 Å². The highest BCUT2D eigenvalue weighted by Crippen LogP contribution is 2.33. The van der Waals surface area contributed by atoms with E-state index in [0.29, 0.717) is 17.1 Å². The summed E-state index contributed by atoms with van der Waals surface area (Å²) < 4.78 is 21.4. The highest BCUT2D eigenvalue weighted by atomic mass is 16.7. The molecule has 0 aliphatic heterocycles. The Labute approximate surface area is 144 Å². The van der Waals surface area contributed by atoms with E-state index in [1.807, 2.05) is 12.1 Å². The molecule has 0 aliphatic rings.